The van der Waals surface area contributed by atoms with Gasteiger partial charge in [0.15, 0.2) is 0 Å². The lowest BCUT2D eigenvalue weighted by atomic mass is 9.93. The normalized spacial score (nSPS) is 15.1. The number of nitrogens with one attached hydrogen (secondary N) is 1. The lowest BCUT2D eigenvalue weighted by molar-refractivity contribution is 0.449. The molecule has 106 valence electrons. The summed E-state index contributed by atoms with van der Waals surface area (Å²) in [6, 6.07) is 2.13. The van der Waals surface area contributed by atoms with E-state index in [1.165, 1.54) is 5.56 Å². The van der Waals surface area contributed by atoms with Gasteiger partial charge in [-0.1, -0.05) is 13.8 Å². The van der Waals surface area contributed by atoms with E-state index in [0.717, 1.165) is 13.0 Å². The molecule has 0 bridgehead atoms. The zero-order chi connectivity index (χ0) is 14.4. The molecule has 2 unspecified atom stereocenters. The van der Waals surface area contributed by atoms with Crippen molar-refractivity contribution < 1.29 is 0 Å². The summed E-state index contributed by atoms with van der Waals surface area (Å²) in [5.74, 6) is 1.41. The van der Waals surface area contributed by atoms with Crippen molar-refractivity contribution in [3.63, 3.8) is 0 Å². The molecule has 0 radical (unpaired) electrons. The van der Waals surface area contributed by atoms with Crippen LogP contribution in [0.1, 0.15) is 19.4 Å². The summed E-state index contributed by atoms with van der Waals surface area (Å²) in [4.78, 5) is 6.02. The van der Waals surface area contributed by atoms with E-state index in [1.54, 1.807) is 18.4 Å². The lowest BCUT2D eigenvalue weighted by Gasteiger charge is -2.27. The summed E-state index contributed by atoms with van der Waals surface area (Å²) >= 11 is 1.71. The number of aliphatic imine (C=N–C) groups is 1. The minimum absolute atomic E-state index is 0.0798. The third-order valence-corrected chi connectivity index (χ3v) is 4.37. The van der Waals surface area contributed by atoms with Crippen molar-refractivity contribution >= 4 is 23.0 Å². The number of nitrogens with two attached hydrogens (primary N) is 1. The molecular weight excluding hydrogens is 256 g/mol. The average molecular weight is 280 g/mol. The van der Waals surface area contributed by atoms with Crippen LogP contribution in [0, 0.1) is 17.2 Å². The first-order valence-corrected chi connectivity index (χ1v) is 7.44. The maximum absolute atomic E-state index is 8.25. The Morgan fingerprint density at radius 2 is 2.16 bits per heavy atom. The lowest BCUT2D eigenvalue weighted by Crippen LogP contribution is -2.39. The Morgan fingerprint density at radius 1 is 1.47 bits per heavy atom. The second-order valence-corrected chi connectivity index (χ2v) is 5.69. The molecule has 0 aliphatic heterocycles. The number of nitrogens with zero attached hydrogens (tertiary/aromatic N) is 2. The molecule has 0 fully saturated rings. The minimum atomic E-state index is 0.0798. The zero-order valence-corrected chi connectivity index (χ0v) is 13.0. The molecule has 4 nitrogen and oxygen atoms in total. The van der Waals surface area contributed by atoms with Crippen molar-refractivity contribution in [3.8, 4) is 0 Å². The molecule has 3 N–H and O–H groups in total. The van der Waals surface area contributed by atoms with Crippen LogP contribution in [0.2, 0.25) is 0 Å². The first-order chi connectivity index (χ1) is 8.97. The van der Waals surface area contributed by atoms with Crippen molar-refractivity contribution in [2.45, 2.75) is 20.3 Å². The topological polar surface area (TPSA) is 65.5 Å². The Labute approximate surface area is 119 Å². The fraction of sp³-hybridized carbons (Fsp3) is 0.571. The van der Waals surface area contributed by atoms with Crippen molar-refractivity contribution in [3.05, 3.63) is 22.4 Å². The van der Waals surface area contributed by atoms with Gasteiger partial charge in [0.05, 0.1) is 11.7 Å². The molecule has 0 aromatic carbocycles. The molecule has 0 spiro atoms. The maximum atomic E-state index is 8.25. The molecule has 0 aliphatic rings. The van der Waals surface area contributed by atoms with Gasteiger partial charge in [-0.25, -0.2) is 0 Å². The summed E-state index contributed by atoms with van der Waals surface area (Å²) in [6.07, 6.45) is 0.973. The highest BCUT2D eigenvalue weighted by Gasteiger charge is 2.22. The monoisotopic (exact) mass is 280 g/mol. The fourth-order valence-corrected chi connectivity index (χ4v) is 2.60. The number of hydrogen-bond acceptors (Lipinski definition) is 3. The smallest absolute Gasteiger partial charge is 0.0991 e. The highest BCUT2D eigenvalue weighted by molar-refractivity contribution is 7.07. The molecule has 5 heteroatoms. The SMILES string of the molecule is CN=C(N)C(C)C(C)C(=N)N(C)CCc1ccsc1. The number of rotatable bonds is 6. The van der Waals surface area contributed by atoms with E-state index in [0.29, 0.717) is 11.7 Å². The van der Waals surface area contributed by atoms with Crippen LogP contribution in [0.3, 0.4) is 0 Å². The Kier molecular flexibility index (Phi) is 6.02. The van der Waals surface area contributed by atoms with E-state index in [9.17, 15) is 0 Å². The van der Waals surface area contributed by atoms with Crippen LogP contribution < -0.4 is 5.73 Å². The van der Waals surface area contributed by atoms with Gasteiger partial charge in [0.25, 0.3) is 0 Å². The standard InChI is InChI=1S/C14H24N4S/c1-10(13(15)17-3)11(2)14(16)18(4)7-5-12-6-8-19-9-12/h6,8-11,16H,5,7H2,1-4H3,(H2,15,17). The molecule has 0 saturated carbocycles. The van der Waals surface area contributed by atoms with Crippen LogP contribution >= 0.6 is 11.3 Å². The summed E-state index contributed by atoms with van der Waals surface area (Å²) < 4.78 is 0. The highest BCUT2D eigenvalue weighted by Crippen LogP contribution is 2.15. The predicted octanol–water partition coefficient (Wildman–Crippen LogP) is 2.46. The van der Waals surface area contributed by atoms with E-state index >= 15 is 0 Å². The Balaban J connectivity index is 2.51. The number of amidine groups is 2. The third kappa shape index (κ3) is 4.35. The number of thiophene rings is 1. The molecule has 0 amide bonds. The van der Waals surface area contributed by atoms with E-state index in [-0.39, 0.29) is 11.8 Å². The van der Waals surface area contributed by atoms with Crippen molar-refractivity contribution in [2.24, 2.45) is 22.6 Å². The van der Waals surface area contributed by atoms with Crippen LogP contribution in [0.25, 0.3) is 0 Å². The summed E-state index contributed by atoms with van der Waals surface area (Å²) in [6.45, 7) is 4.91. The van der Waals surface area contributed by atoms with E-state index in [2.05, 4.69) is 21.8 Å². The van der Waals surface area contributed by atoms with Crippen LogP contribution in [-0.4, -0.2) is 37.2 Å². The molecular formula is C14H24N4S. The zero-order valence-electron chi connectivity index (χ0n) is 12.2. The predicted molar refractivity (Wildman–Crippen MR) is 84.3 cm³/mol. The van der Waals surface area contributed by atoms with Crippen LogP contribution in [0.4, 0.5) is 0 Å². The van der Waals surface area contributed by atoms with Gasteiger partial charge in [-0.15, -0.1) is 0 Å². The average Bonchev–Trinajstić information content (AvgIpc) is 2.94. The van der Waals surface area contributed by atoms with Gasteiger partial charge >= 0.3 is 0 Å². The molecule has 1 aromatic heterocycles. The molecule has 1 heterocycles. The van der Waals surface area contributed by atoms with E-state index in [1.807, 2.05) is 25.8 Å². The van der Waals surface area contributed by atoms with Gasteiger partial charge in [-0.2, -0.15) is 11.3 Å². The van der Waals surface area contributed by atoms with Crippen molar-refractivity contribution in [1.82, 2.24) is 4.90 Å². The summed E-state index contributed by atoms with van der Waals surface area (Å²) in [5, 5.41) is 12.5. The highest BCUT2D eigenvalue weighted by atomic mass is 32.1. The molecule has 0 aliphatic carbocycles. The van der Waals surface area contributed by atoms with Gasteiger partial charge in [-0.3, -0.25) is 10.4 Å². The second kappa shape index (κ2) is 7.28. The van der Waals surface area contributed by atoms with Gasteiger partial charge in [0.1, 0.15) is 0 Å². The Bertz CT molecular complexity index is 425. The Morgan fingerprint density at radius 3 is 2.68 bits per heavy atom. The molecule has 1 rings (SSSR count). The molecule has 1 aromatic rings. The first-order valence-electron chi connectivity index (χ1n) is 6.50. The second-order valence-electron chi connectivity index (χ2n) is 4.91. The molecule has 19 heavy (non-hydrogen) atoms. The largest absolute Gasteiger partial charge is 0.387 e. The number of hydrogen-bond donors (Lipinski definition) is 2. The number of likely N-dealkylation sites (N-methyl/N-ethyl adjacent to an activating group) is 1. The van der Waals surface area contributed by atoms with E-state index in [4.69, 9.17) is 11.1 Å². The quantitative estimate of drug-likeness (QED) is 0.621. The van der Waals surface area contributed by atoms with Gasteiger partial charge < -0.3 is 10.6 Å². The third-order valence-electron chi connectivity index (χ3n) is 3.63. The summed E-state index contributed by atoms with van der Waals surface area (Å²) in [5.41, 5.74) is 7.18. The van der Waals surface area contributed by atoms with Gasteiger partial charge in [-0.05, 0) is 28.8 Å². The van der Waals surface area contributed by atoms with Crippen LogP contribution in [0.5, 0.6) is 0 Å². The molecule has 0 saturated heterocycles. The Hall–Kier alpha value is -1.36. The van der Waals surface area contributed by atoms with Gasteiger partial charge in [0, 0.05) is 32.5 Å². The maximum Gasteiger partial charge on any atom is 0.0991 e. The van der Waals surface area contributed by atoms with Crippen LogP contribution in [0.15, 0.2) is 21.8 Å². The van der Waals surface area contributed by atoms with Gasteiger partial charge in [0.2, 0.25) is 0 Å². The van der Waals surface area contributed by atoms with Crippen LogP contribution in [-0.2, 0) is 6.42 Å². The van der Waals surface area contributed by atoms with Crippen molar-refractivity contribution in [1.29, 1.82) is 5.41 Å². The van der Waals surface area contributed by atoms with E-state index < -0.39 is 0 Å². The van der Waals surface area contributed by atoms with Crippen molar-refractivity contribution in [2.75, 3.05) is 20.6 Å². The first kappa shape index (κ1) is 15.7. The fourth-order valence-electron chi connectivity index (χ4n) is 1.90. The molecule has 2 atom stereocenters. The summed E-state index contributed by atoms with van der Waals surface area (Å²) in [7, 11) is 3.67. The minimum Gasteiger partial charge on any atom is -0.387 e.